The van der Waals surface area contributed by atoms with Crippen LogP contribution in [-0.2, 0) is 0 Å². The van der Waals surface area contributed by atoms with E-state index in [2.05, 4.69) is 31.9 Å². The van der Waals surface area contributed by atoms with Crippen LogP contribution in [0.3, 0.4) is 0 Å². The maximum absolute atomic E-state index is 12.4. The molecule has 1 N–H and O–H groups in total. The number of para-hydroxylation sites is 2. The number of rotatable bonds is 0. The molecule has 0 radical (unpaired) electrons. The van der Waals surface area contributed by atoms with Gasteiger partial charge in [-0.25, -0.2) is 0 Å². The van der Waals surface area contributed by atoms with Gasteiger partial charge in [-0.15, -0.1) is 0 Å². The molecule has 0 fully saturated rings. The number of hydrogen-bond donors (Lipinski definition) is 1. The first kappa shape index (κ1) is 12.2. The summed E-state index contributed by atoms with van der Waals surface area (Å²) in [4.78, 5) is 12.4. The molecule has 4 nitrogen and oxygen atoms in total. The standard InChI is InChI=1S/C12H11Br2N2O2/c13-7-5-6-8(14)12-11(7)15(17)9-3-1-2-4-10(9)16(12)18/h1-4,7-8,17H,5-6H2/q+1/t7-,8+/m0/s1. The number of halogens is 2. The van der Waals surface area contributed by atoms with Gasteiger partial charge < -0.3 is 5.21 Å². The van der Waals surface area contributed by atoms with Crippen LogP contribution < -0.4 is 4.43 Å². The first-order valence-corrected chi connectivity index (χ1v) is 7.52. The molecule has 0 unspecified atom stereocenters. The van der Waals surface area contributed by atoms with E-state index in [1.807, 2.05) is 0 Å². The quantitative estimate of drug-likeness (QED) is 0.436. The molecule has 6 heteroatoms. The van der Waals surface area contributed by atoms with E-state index >= 15 is 0 Å². The first-order valence-electron chi connectivity index (χ1n) is 5.68. The normalized spacial score (nSPS) is 23.0. The Bertz CT molecular complexity index is 684. The van der Waals surface area contributed by atoms with Gasteiger partial charge in [-0.3, -0.25) is 0 Å². The van der Waals surface area contributed by atoms with Gasteiger partial charge in [0.2, 0.25) is 0 Å². The summed E-state index contributed by atoms with van der Waals surface area (Å²) < 4.78 is 2.05. The van der Waals surface area contributed by atoms with Crippen molar-refractivity contribution in [2.45, 2.75) is 22.5 Å². The van der Waals surface area contributed by atoms with E-state index in [0.29, 0.717) is 22.4 Å². The highest BCUT2D eigenvalue weighted by Crippen LogP contribution is 2.43. The molecule has 0 spiro atoms. The lowest BCUT2D eigenvalue weighted by atomic mass is 9.99. The number of alkyl halides is 2. The third-order valence-corrected chi connectivity index (χ3v) is 5.09. The Kier molecular flexibility index (Phi) is 2.94. The second-order valence-corrected chi connectivity index (χ2v) is 6.59. The Hall–Kier alpha value is -0.880. The lowest BCUT2D eigenvalue weighted by molar-refractivity contribution is -0.477. The van der Waals surface area contributed by atoms with Crippen molar-refractivity contribution in [3.05, 3.63) is 40.6 Å². The van der Waals surface area contributed by atoms with Crippen LogP contribution in [0.2, 0.25) is 0 Å². The summed E-state index contributed by atoms with van der Waals surface area (Å²) in [6, 6.07) is 7.05. The molecule has 0 saturated heterocycles. The minimum Gasteiger partial charge on any atom is -0.428 e. The number of hydrogen-bond acceptors (Lipinski definition) is 2. The van der Waals surface area contributed by atoms with Gasteiger partial charge in [0.05, 0.1) is 9.25 Å². The van der Waals surface area contributed by atoms with E-state index in [0.717, 1.165) is 22.0 Å². The van der Waals surface area contributed by atoms with Crippen LogP contribution in [0.25, 0.3) is 11.0 Å². The highest BCUT2D eigenvalue weighted by Gasteiger charge is 2.37. The van der Waals surface area contributed by atoms with E-state index in [9.17, 15) is 10.1 Å². The van der Waals surface area contributed by atoms with Crippen molar-refractivity contribution in [2.75, 3.05) is 0 Å². The number of benzene rings is 1. The molecule has 1 heterocycles. The van der Waals surface area contributed by atoms with Crippen molar-refractivity contribution in [3.63, 3.8) is 0 Å². The summed E-state index contributed by atoms with van der Waals surface area (Å²) in [6.07, 6.45) is 1.74. The number of aromatic nitrogens is 2. The topological polar surface area (TPSA) is 48.1 Å². The van der Waals surface area contributed by atoms with Gasteiger partial charge in [-0.05, 0) is 18.9 Å². The highest BCUT2D eigenvalue weighted by atomic mass is 79.9. The van der Waals surface area contributed by atoms with Gasteiger partial charge in [-0.1, -0.05) is 44.0 Å². The Morgan fingerprint density at radius 2 is 1.89 bits per heavy atom. The molecule has 1 aromatic carbocycles. The molecule has 2 atom stereocenters. The summed E-state index contributed by atoms with van der Waals surface area (Å²) in [6.45, 7) is 0. The Labute approximate surface area is 120 Å². The Morgan fingerprint density at radius 1 is 1.22 bits per heavy atom. The summed E-state index contributed by atoms with van der Waals surface area (Å²) in [5, 5.41) is 10.3. The van der Waals surface area contributed by atoms with Crippen LogP contribution in [0.5, 0.6) is 0 Å². The van der Waals surface area contributed by atoms with Crippen molar-refractivity contribution in [3.8, 4) is 0 Å². The van der Waals surface area contributed by atoms with Gasteiger partial charge in [0.1, 0.15) is 10.5 Å². The SMILES string of the molecule is O=[n+]1c2c(n(O)c3ccccc31)[C@@H](Br)CC[C@H]2Br. The maximum atomic E-state index is 12.4. The summed E-state index contributed by atoms with van der Waals surface area (Å²) in [5.41, 5.74) is 2.23. The van der Waals surface area contributed by atoms with Gasteiger partial charge >= 0.3 is 0 Å². The van der Waals surface area contributed by atoms with Gasteiger partial charge in [0.15, 0.2) is 5.52 Å². The zero-order valence-corrected chi connectivity index (χ0v) is 12.6. The monoisotopic (exact) mass is 373 g/mol. The fraction of sp³-hybridized carbons (Fsp3) is 0.333. The van der Waals surface area contributed by atoms with Crippen LogP contribution >= 0.6 is 31.9 Å². The highest BCUT2D eigenvalue weighted by molar-refractivity contribution is 9.09. The van der Waals surface area contributed by atoms with Gasteiger partial charge in [0.25, 0.3) is 11.2 Å². The molecule has 18 heavy (non-hydrogen) atoms. The molecule has 1 aliphatic carbocycles. The third-order valence-electron chi connectivity index (χ3n) is 3.31. The average molecular weight is 375 g/mol. The summed E-state index contributed by atoms with van der Waals surface area (Å²) in [7, 11) is 0. The number of nitrogens with zero attached hydrogens (tertiary/aromatic N) is 2. The summed E-state index contributed by atoms with van der Waals surface area (Å²) in [5.74, 6) is 0. The predicted molar refractivity (Wildman–Crippen MR) is 75.1 cm³/mol. The molecule has 2 aromatic rings. The lowest BCUT2D eigenvalue weighted by Crippen LogP contribution is -2.32. The van der Waals surface area contributed by atoms with Crippen LogP contribution in [0, 0.1) is 4.91 Å². The second kappa shape index (κ2) is 4.35. The maximum Gasteiger partial charge on any atom is 0.290 e. The summed E-state index contributed by atoms with van der Waals surface area (Å²) >= 11 is 7.05. The molecule has 1 aromatic heterocycles. The molecule has 1 aliphatic rings. The van der Waals surface area contributed by atoms with E-state index in [1.54, 1.807) is 24.3 Å². The third kappa shape index (κ3) is 1.62. The predicted octanol–water partition coefficient (Wildman–Crippen LogP) is 3.46. The van der Waals surface area contributed by atoms with E-state index in [1.165, 1.54) is 0 Å². The van der Waals surface area contributed by atoms with Crippen LogP contribution in [-0.4, -0.2) is 9.94 Å². The van der Waals surface area contributed by atoms with Crippen molar-refractivity contribution in [1.29, 1.82) is 0 Å². The minimum atomic E-state index is -0.0261. The number of fused-ring (bicyclic) bond motifs is 2. The van der Waals surface area contributed by atoms with Crippen molar-refractivity contribution in [1.82, 2.24) is 4.73 Å². The van der Waals surface area contributed by atoms with Crippen molar-refractivity contribution < 1.29 is 9.63 Å². The molecule has 3 rings (SSSR count). The Balaban J connectivity index is 2.50. The second-order valence-electron chi connectivity index (χ2n) is 4.38. The zero-order valence-electron chi connectivity index (χ0n) is 9.38. The van der Waals surface area contributed by atoms with Crippen LogP contribution in [0.4, 0.5) is 0 Å². The molecule has 0 aliphatic heterocycles. The molecule has 0 amide bonds. The molecular weight excluding hydrogens is 364 g/mol. The van der Waals surface area contributed by atoms with E-state index in [-0.39, 0.29) is 9.65 Å². The van der Waals surface area contributed by atoms with Gasteiger partial charge in [0, 0.05) is 11.0 Å². The van der Waals surface area contributed by atoms with Crippen LogP contribution in [0.1, 0.15) is 33.9 Å². The van der Waals surface area contributed by atoms with Crippen LogP contribution in [0.15, 0.2) is 24.3 Å². The lowest BCUT2D eigenvalue weighted by Gasteiger charge is -2.21. The Morgan fingerprint density at radius 3 is 2.67 bits per heavy atom. The fourth-order valence-electron chi connectivity index (χ4n) is 2.43. The van der Waals surface area contributed by atoms with Gasteiger partial charge in [-0.2, -0.15) is 4.73 Å². The molecular formula is C12H11Br2N2O2+. The van der Waals surface area contributed by atoms with E-state index < -0.39 is 0 Å². The van der Waals surface area contributed by atoms with E-state index in [4.69, 9.17) is 0 Å². The largest absolute Gasteiger partial charge is 0.428 e. The van der Waals surface area contributed by atoms with Crippen molar-refractivity contribution in [2.24, 2.45) is 0 Å². The molecule has 94 valence electrons. The molecule has 0 saturated carbocycles. The minimum absolute atomic E-state index is 0.00361. The zero-order chi connectivity index (χ0) is 12.9. The first-order chi connectivity index (χ1) is 8.61. The fourth-order valence-corrected chi connectivity index (χ4v) is 3.81. The van der Waals surface area contributed by atoms with Crippen molar-refractivity contribution >= 4 is 42.9 Å². The molecule has 0 bridgehead atoms. The smallest absolute Gasteiger partial charge is 0.290 e. The average Bonchev–Trinajstić information content (AvgIpc) is 2.38.